The zero-order valence-electron chi connectivity index (χ0n) is 7.90. The van der Waals surface area contributed by atoms with E-state index >= 15 is 0 Å². The summed E-state index contributed by atoms with van der Waals surface area (Å²) in [6, 6.07) is 8.53. The van der Waals surface area contributed by atoms with Gasteiger partial charge < -0.3 is 0 Å². The minimum atomic E-state index is 1.13. The van der Waals surface area contributed by atoms with Gasteiger partial charge in [-0.2, -0.15) is 0 Å². The number of nitrogens with zero attached hydrogens (tertiary/aromatic N) is 1. The summed E-state index contributed by atoms with van der Waals surface area (Å²) in [5.41, 5.74) is 2.70. The van der Waals surface area contributed by atoms with E-state index < -0.39 is 0 Å². The van der Waals surface area contributed by atoms with E-state index in [0.717, 1.165) is 6.42 Å². The van der Waals surface area contributed by atoms with Crippen molar-refractivity contribution in [1.29, 1.82) is 0 Å². The average Bonchev–Trinajstić information content (AvgIpc) is 2.16. The van der Waals surface area contributed by atoms with Crippen LogP contribution in [0, 0.1) is 0 Å². The normalized spacial score (nSPS) is 18.0. The van der Waals surface area contributed by atoms with Crippen LogP contribution in [-0.2, 0) is 0 Å². The van der Waals surface area contributed by atoms with Gasteiger partial charge >= 0.3 is 0 Å². The van der Waals surface area contributed by atoms with Gasteiger partial charge in [-0.25, -0.2) is 0 Å². The molecule has 0 radical (unpaired) electrons. The van der Waals surface area contributed by atoms with Gasteiger partial charge in [-0.15, -0.1) is 0 Å². The van der Waals surface area contributed by atoms with Gasteiger partial charge in [-0.05, 0) is 34.9 Å². The Labute approximate surface area is 82.8 Å². The predicted molar refractivity (Wildman–Crippen MR) is 59.4 cm³/mol. The molecule has 1 heterocycles. The van der Waals surface area contributed by atoms with Crippen LogP contribution in [-0.4, -0.2) is 5.71 Å². The van der Waals surface area contributed by atoms with E-state index in [1.54, 1.807) is 0 Å². The third-order valence-electron chi connectivity index (χ3n) is 2.84. The summed E-state index contributed by atoms with van der Waals surface area (Å²) in [5, 5.41) is 2.67. The molecule has 0 N–H and O–H groups in total. The second kappa shape index (κ2) is 2.95. The lowest BCUT2D eigenvalue weighted by molar-refractivity contribution is 1.04. The molecule has 0 spiro atoms. The SMILES string of the molecule is C1=CN=C2CCC2=c2ccccc2=C1. The van der Waals surface area contributed by atoms with Crippen LogP contribution < -0.4 is 10.4 Å². The lowest BCUT2D eigenvalue weighted by Crippen LogP contribution is -2.33. The Balaban J connectivity index is 2.45. The number of aliphatic imine (C=N–C) groups is 1. The third kappa shape index (κ3) is 1.06. The molecular formula is C13H11N. The highest BCUT2D eigenvalue weighted by molar-refractivity contribution is 6.24. The van der Waals surface area contributed by atoms with Crippen LogP contribution in [0.5, 0.6) is 0 Å². The van der Waals surface area contributed by atoms with Gasteiger partial charge in [0.05, 0.1) is 0 Å². The highest BCUT2D eigenvalue weighted by atomic mass is 14.7. The first-order chi connectivity index (χ1) is 6.95. The topological polar surface area (TPSA) is 12.4 Å². The number of allylic oxidation sites excluding steroid dienone is 1. The van der Waals surface area contributed by atoms with Gasteiger partial charge in [-0.3, -0.25) is 4.99 Å². The molecule has 14 heavy (non-hydrogen) atoms. The summed E-state index contributed by atoms with van der Waals surface area (Å²) in [7, 11) is 0. The molecule has 1 nitrogen and oxygen atoms in total. The first-order valence-electron chi connectivity index (χ1n) is 4.97. The Morgan fingerprint density at radius 3 is 2.86 bits per heavy atom. The quantitative estimate of drug-likeness (QED) is 0.573. The third-order valence-corrected chi connectivity index (χ3v) is 2.84. The van der Waals surface area contributed by atoms with Gasteiger partial charge in [0.25, 0.3) is 0 Å². The van der Waals surface area contributed by atoms with E-state index in [1.807, 2.05) is 12.3 Å². The molecule has 2 aliphatic rings. The average molecular weight is 181 g/mol. The molecular weight excluding hydrogens is 170 g/mol. The van der Waals surface area contributed by atoms with Crippen molar-refractivity contribution in [3.63, 3.8) is 0 Å². The summed E-state index contributed by atoms with van der Waals surface area (Å²) < 4.78 is 0. The molecule has 1 aromatic rings. The molecule has 0 unspecified atom stereocenters. The van der Waals surface area contributed by atoms with Crippen LogP contribution in [0.2, 0.25) is 0 Å². The lowest BCUT2D eigenvalue weighted by Gasteiger charge is -2.20. The monoisotopic (exact) mass is 181 g/mol. The van der Waals surface area contributed by atoms with E-state index in [1.165, 1.54) is 28.1 Å². The second-order valence-corrected chi connectivity index (χ2v) is 3.65. The maximum absolute atomic E-state index is 4.42. The van der Waals surface area contributed by atoms with E-state index in [4.69, 9.17) is 0 Å². The zero-order chi connectivity index (χ0) is 9.38. The molecule has 0 aromatic heterocycles. The predicted octanol–water partition coefficient (Wildman–Crippen LogP) is 1.38. The highest BCUT2D eigenvalue weighted by Crippen LogP contribution is 2.23. The minimum absolute atomic E-state index is 1.13. The molecule has 0 amide bonds. The molecule has 3 rings (SSSR count). The van der Waals surface area contributed by atoms with Crippen molar-refractivity contribution in [3.8, 4) is 0 Å². The first-order valence-corrected chi connectivity index (χ1v) is 4.97. The van der Waals surface area contributed by atoms with Crippen molar-refractivity contribution in [2.75, 3.05) is 0 Å². The van der Waals surface area contributed by atoms with Gasteiger partial charge in [0, 0.05) is 11.9 Å². The number of hydrogen-bond donors (Lipinski definition) is 0. The maximum atomic E-state index is 4.42. The van der Waals surface area contributed by atoms with E-state index in [-0.39, 0.29) is 0 Å². The molecule has 68 valence electrons. The molecule has 1 fully saturated rings. The number of hydrogen-bond acceptors (Lipinski definition) is 1. The molecule has 1 saturated carbocycles. The fraction of sp³-hybridized carbons (Fsp3) is 0.154. The van der Waals surface area contributed by atoms with Crippen molar-refractivity contribution < 1.29 is 0 Å². The van der Waals surface area contributed by atoms with Crippen LogP contribution in [0.4, 0.5) is 0 Å². The van der Waals surface area contributed by atoms with Gasteiger partial charge in [-0.1, -0.05) is 30.3 Å². The molecule has 0 atom stereocenters. The fourth-order valence-electron chi connectivity index (χ4n) is 1.99. The fourth-order valence-corrected chi connectivity index (χ4v) is 1.99. The van der Waals surface area contributed by atoms with Crippen LogP contribution in [0.15, 0.2) is 41.5 Å². The number of fused-ring (bicyclic) bond motifs is 2. The molecule has 0 saturated heterocycles. The summed E-state index contributed by atoms with van der Waals surface area (Å²) in [6.07, 6.45) is 8.35. The van der Waals surface area contributed by atoms with E-state index in [0.29, 0.717) is 0 Å². The van der Waals surface area contributed by atoms with Crippen LogP contribution in [0.25, 0.3) is 11.6 Å². The van der Waals surface area contributed by atoms with Crippen molar-refractivity contribution in [2.45, 2.75) is 12.8 Å². The van der Waals surface area contributed by atoms with Crippen molar-refractivity contribution in [3.05, 3.63) is 47.0 Å². The summed E-state index contributed by atoms with van der Waals surface area (Å²) in [4.78, 5) is 4.42. The number of benzene rings is 1. The van der Waals surface area contributed by atoms with E-state index in [2.05, 4.69) is 35.3 Å². The Bertz CT molecular complexity index is 547. The Kier molecular flexibility index (Phi) is 1.63. The smallest absolute Gasteiger partial charge is 0.0445 e. The van der Waals surface area contributed by atoms with E-state index in [9.17, 15) is 0 Å². The van der Waals surface area contributed by atoms with Crippen molar-refractivity contribution in [2.24, 2.45) is 4.99 Å². The summed E-state index contributed by atoms with van der Waals surface area (Å²) in [6.45, 7) is 0. The Morgan fingerprint density at radius 2 is 2.00 bits per heavy atom. The van der Waals surface area contributed by atoms with Crippen LogP contribution in [0.3, 0.4) is 0 Å². The molecule has 1 heteroatoms. The molecule has 0 bridgehead atoms. The highest BCUT2D eigenvalue weighted by Gasteiger charge is 2.18. The van der Waals surface area contributed by atoms with Crippen molar-refractivity contribution >= 4 is 17.4 Å². The van der Waals surface area contributed by atoms with Crippen molar-refractivity contribution in [1.82, 2.24) is 0 Å². The van der Waals surface area contributed by atoms with Crippen LogP contribution >= 0.6 is 0 Å². The second-order valence-electron chi connectivity index (χ2n) is 3.65. The van der Waals surface area contributed by atoms with Gasteiger partial charge in [0.15, 0.2) is 0 Å². The van der Waals surface area contributed by atoms with Gasteiger partial charge in [0.2, 0.25) is 0 Å². The zero-order valence-corrected chi connectivity index (χ0v) is 7.90. The van der Waals surface area contributed by atoms with Crippen LogP contribution in [0.1, 0.15) is 12.8 Å². The maximum Gasteiger partial charge on any atom is 0.0445 e. The molecule has 1 aromatic carbocycles. The first kappa shape index (κ1) is 7.74. The largest absolute Gasteiger partial charge is 0.261 e. The molecule has 1 aliphatic carbocycles. The van der Waals surface area contributed by atoms with Gasteiger partial charge in [0.1, 0.15) is 0 Å². The lowest BCUT2D eigenvalue weighted by atomic mass is 9.87. The molecule has 1 aliphatic heterocycles. The Hall–Kier alpha value is -1.63. The Morgan fingerprint density at radius 1 is 1.07 bits per heavy atom. The summed E-state index contributed by atoms with van der Waals surface area (Å²) >= 11 is 0. The standard InChI is InChI=1S/C13H11N/c1-2-6-11-10(4-1)5-3-9-14-13-8-7-12(11)13/h1-6,9H,7-8H2. The number of rotatable bonds is 0. The summed E-state index contributed by atoms with van der Waals surface area (Å²) in [5.74, 6) is 0. The minimum Gasteiger partial charge on any atom is -0.261 e.